The molecule has 2 heterocycles. The maximum atomic E-state index is 14.0. The summed E-state index contributed by atoms with van der Waals surface area (Å²) in [5, 5.41) is 8.45. The summed E-state index contributed by atoms with van der Waals surface area (Å²) in [5.74, 6) is 5.92. The zero-order valence-electron chi connectivity index (χ0n) is 26.2. The highest BCUT2D eigenvalue weighted by Crippen LogP contribution is 2.39. The van der Waals surface area contributed by atoms with Crippen LogP contribution in [0.5, 0.6) is 0 Å². The largest absolute Gasteiger partial charge is 0.416 e. The normalized spacial score (nSPS) is 17.4. The molecule has 2 atom stereocenters. The minimum atomic E-state index is -5.12. The Kier molecular flexibility index (Phi) is 10.9. The summed E-state index contributed by atoms with van der Waals surface area (Å²) in [7, 11) is 1.26. The van der Waals surface area contributed by atoms with E-state index in [9.17, 15) is 39.5 Å². The van der Waals surface area contributed by atoms with Crippen LogP contribution in [-0.4, -0.2) is 51.2 Å². The van der Waals surface area contributed by atoms with Gasteiger partial charge in [0.05, 0.1) is 22.6 Å². The van der Waals surface area contributed by atoms with Crippen molar-refractivity contribution >= 4 is 5.96 Å². The summed E-state index contributed by atoms with van der Waals surface area (Å²) in [4.78, 5) is 7.48. The maximum Gasteiger partial charge on any atom is 0.416 e. The van der Waals surface area contributed by atoms with Gasteiger partial charge in [0.25, 0.3) is 0 Å². The van der Waals surface area contributed by atoms with E-state index in [-0.39, 0.29) is 17.5 Å². The number of hydrogen-bond donors (Lipinski definition) is 2. The van der Waals surface area contributed by atoms with E-state index in [0.717, 1.165) is 35.0 Å². The zero-order chi connectivity index (χ0) is 35.6. The van der Waals surface area contributed by atoms with Crippen LogP contribution in [0.4, 0.5) is 39.5 Å². The molecule has 2 aromatic carbocycles. The van der Waals surface area contributed by atoms with E-state index in [1.54, 1.807) is 6.92 Å². The van der Waals surface area contributed by atoms with E-state index in [4.69, 9.17) is 16.1 Å². The lowest BCUT2D eigenvalue weighted by atomic mass is 9.90. The highest BCUT2D eigenvalue weighted by atomic mass is 19.4. The second-order valence-electron chi connectivity index (χ2n) is 11.7. The molecule has 4 rings (SSSR count). The molecule has 48 heavy (non-hydrogen) atoms. The fourth-order valence-electron chi connectivity index (χ4n) is 5.87. The van der Waals surface area contributed by atoms with Gasteiger partial charge in [-0.3, -0.25) is 4.90 Å². The van der Waals surface area contributed by atoms with Crippen LogP contribution in [0.25, 0.3) is 0 Å². The number of aromatic nitrogens is 2. The van der Waals surface area contributed by atoms with Crippen molar-refractivity contribution in [1.82, 2.24) is 25.1 Å². The minimum Gasteiger partial charge on any atom is -0.368 e. The predicted molar refractivity (Wildman–Crippen MR) is 156 cm³/mol. The molecular weight excluding hydrogens is 659 g/mol. The monoisotopic (exact) mass is 694 g/mol. The molecule has 1 aliphatic heterocycles. The average Bonchev–Trinajstić information content (AvgIpc) is 3.42. The second kappa shape index (κ2) is 14.2. The third kappa shape index (κ3) is 9.09. The van der Waals surface area contributed by atoms with E-state index in [1.807, 2.05) is 6.92 Å². The molecule has 264 valence electrons. The van der Waals surface area contributed by atoms with Gasteiger partial charge in [0.2, 0.25) is 11.9 Å². The van der Waals surface area contributed by atoms with Crippen LogP contribution in [0, 0.1) is 6.92 Å². The molecule has 0 radical (unpaired) electrons. The number of hydrazone groups is 1. The first-order chi connectivity index (χ1) is 22.3. The lowest BCUT2D eigenvalue weighted by Gasteiger charge is -2.38. The van der Waals surface area contributed by atoms with Gasteiger partial charge in [-0.2, -0.15) is 44.5 Å². The van der Waals surface area contributed by atoms with Gasteiger partial charge in [0, 0.05) is 32.7 Å². The van der Waals surface area contributed by atoms with Crippen molar-refractivity contribution in [1.29, 1.82) is 0 Å². The van der Waals surface area contributed by atoms with E-state index in [0.29, 0.717) is 48.9 Å². The number of benzene rings is 2. The van der Waals surface area contributed by atoms with Crippen molar-refractivity contribution in [3.05, 3.63) is 81.5 Å². The second-order valence-corrected chi connectivity index (χ2v) is 11.7. The Labute approximate surface area is 270 Å². The van der Waals surface area contributed by atoms with Crippen molar-refractivity contribution in [3.8, 4) is 0 Å². The van der Waals surface area contributed by atoms with E-state index in [2.05, 4.69) is 20.1 Å². The van der Waals surface area contributed by atoms with Crippen LogP contribution >= 0.6 is 0 Å². The van der Waals surface area contributed by atoms with Gasteiger partial charge in [-0.05, 0) is 79.8 Å². The number of alkyl halides is 9. The van der Waals surface area contributed by atoms with Gasteiger partial charge >= 0.3 is 18.5 Å². The van der Waals surface area contributed by atoms with E-state index >= 15 is 0 Å². The third-order valence-corrected chi connectivity index (χ3v) is 7.97. The quantitative estimate of drug-likeness (QED) is 0.0827. The Hall–Kier alpha value is -4.06. The van der Waals surface area contributed by atoms with Crippen LogP contribution in [-0.2, 0) is 31.6 Å². The number of halogens is 9. The molecule has 0 bridgehead atoms. The number of aryl methyl sites for hydroxylation is 1. The van der Waals surface area contributed by atoms with E-state index in [1.165, 1.54) is 13.1 Å². The number of nitrogens with zero attached hydrogens (tertiary/aromatic N) is 6. The summed E-state index contributed by atoms with van der Waals surface area (Å²) >= 11 is 0. The molecule has 18 heteroatoms. The first-order valence-electron chi connectivity index (χ1n) is 14.9. The third-order valence-electron chi connectivity index (χ3n) is 7.97. The lowest BCUT2D eigenvalue weighted by molar-refractivity contribution is -0.143. The summed E-state index contributed by atoms with van der Waals surface area (Å²) in [5.41, 5.74) is 2.12. The molecule has 1 saturated heterocycles. The Bertz CT molecular complexity index is 1550. The topological polar surface area (TPSA) is 113 Å². The van der Waals surface area contributed by atoms with Crippen molar-refractivity contribution in [3.63, 3.8) is 0 Å². The lowest BCUT2D eigenvalue weighted by Crippen LogP contribution is -2.40. The molecule has 0 amide bonds. The molecule has 9 nitrogen and oxygen atoms in total. The zero-order valence-corrected chi connectivity index (χ0v) is 26.2. The minimum absolute atomic E-state index is 0.0167. The first-order valence-corrected chi connectivity index (χ1v) is 14.9. The standard InChI is InChI=1S/C30H35F9N8O/c1-4-25(46-9-5-6-19(15-46)26-42-17(2)44-48-26)24-8-7-21(28(31,32)33)12-20(24)16-47(27(40)43-45(3)41)14-18-10-22(29(34,35)36)13-23(11-18)30(37,38)39/h7-8,10-13,19,25H,4-6,9,14-16,41H2,1-3H3,(H2,40,43). The number of guanidine groups is 1. The Morgan fingerprint density at radius 1 is 0.979 bits per heavy atom. The molecule has 0 saturated carbocycles. The van der Waals surface area contributed by atoms with Crippen molar-refractivity contribution < 1.29 is 44.0 Å². The Morgan fingerprint density at radius 3 is 2.12 bits per heavy atom. The predicted octanol–water partition coefficient (Wildman–Crippen LogP) is 6.80. The fourth-order valence-corrected chi connectivity index (χ4v) is 5.87. The van der Waals surface area contributed by atoms with Gasteiger partial charge in [0.15, 0.2) is 5.82 Å². The molecule has 1 fully saturated rings. The smallest absolute Gasteiger partial charge is 0.368 e. The number of likely N-dealkylation sites (tertiary alicyclic amines) is 1. The van der Waals surface area contributed by atoms with E-state index < -0.39 is 65.9 Å². The number of nitrogens with two attached hydrogens (primary N) is 2. The maximum absolute atomic E-state index is 14.0. The van der Waals surface area contributed by atoms with Crippen LogP contribution in [0.1, 0.15) is 83.2 Å². The van der Waals surface area contributed by atoms with Crippen molar-refractivity contribution in [2.24, 2.45) is 16.7 Å². The number of hydrogen-bond acceptors (Lipinski definition) is 7. The van der Waals surface area contributed by atoms with Crippen molar-refractivity contribution in [2.45, 2.75) is 76.7 Å². The molecule has 0 spiro atoms. The molecule has 2 unspecified atom stereocenters. The van der Waals surface area contributed by atoms with Gasteiger partial charge in [0.1, 0.15) is 0 Å². The number of hydrazine groups is 1. The molecular formula is C30H35F9N8O. The van der Waals surface area contributed by atoms with Gasteiger partial charge < -0.3 is 15.2 Å². The molecule has 3 aromatic rings. The summed E-state index contributed by atoms with van der Waals surface area (Å²) in [6.45, 7) is 3.45. The Balaban J connectivity index is 1.79. The van der Waals surface area contributed by atoms with Crippen LogP contribution in [0.2, 0.25) is 0 Å². The average molecular weight is 695 g/mol. The molecule has 0 aliphatic carbocycles. The van der Waals surface area contributed by atoms with Crippen molar-refractivity contribution in [2.75, 3.05) is 20.1 Å². The highest BCUT2D eigenvalue weighted by Gasteiger charge is 2.38. The Morgan fingerprint density at radius 2 is 1.60 bits per heavy atom. The SMILES string of the molecule is CCC(c1ccc(C(F)(F)F)cc1CN(Cc1cc(C(F)(F)F)cc(C(F)(F)F)c1)/C(N)=N/N(C)N)N1CCCC(c2nc(C)no2)C1. The van der Waals surface area contributed by atoms with Gasteiger partial charge in [-0.1, -0.05) is 18.1 Å². The van der Waals surface area contributed by atoms with Crippen LogP contribution in [0.15, 0.2) is 46.0 Å². The first kappa shape index (κ1) is 36.8. The fraction of sp³-hybridized carbons (Fsp3) is 0.500. The van der Waals surface area contributed by atoms with Gasteiger partial charge in [-0.25, -0.2) is 11.0 Å². The summed E-state index contributed by atoms with van der Waals surface area (Å²) in [6, 6.07) is 3.77. The van der Waals surface area contributed by atoms with Gasteiger partial charge in [-0.15, -0.1) is 5.10 Å². The summed E-state index contributed by atoms with van der Waals surface area (Å²) in [6.07, 6.45) is -13.1. The summed E-state index contributed by atoms with van der Waals surface area (Å²) < 4.78 is 129. The van der Waals surface area contributed by atoms with Crippen LogP contribution in [0.3, 0.4) is 0 Å². The molecule has 1 aliphatic rings. The molecule has 1 aromatic heterocycles. The highest BCUT2D eigenvalue weighted by molar-refractivity contribution is 5.78. The number of piperidine rings is 1. The molecule has 4 N–H and O–H groups in total. The van der Waals surface area contributed by atoms with Crippen LogP contribution < -0.4 is 11.6 Å². The number of rotatable bonds is 9.